The van der Waals surface area contributed by atoms with Gasteiger partial charge in [0.2, 0.25) is 0 Å². The molecule has 0 aliphatic heterocycles. The fraction of sp³-hybridized carbons (Fsp3) is 0.938. The van der Waals surface area contributed by atoms with Crippen LogP contribution in [0.4, 0.5) is 0 Å². The minimum atomic E-state index is 0.199. The van der Waals surface area contributed by atoms with Gasteiger partial charge in [-0.2, -0.15) is 0 Å². The Balaban J connectivity index is 2.58. The molecular weight excluding hydrogens is 254 g/mol. The van der Waals surface area contributed by atoms with Crippen molar-refractivity contribution in [3.8, 4) is 0 Å². The normalized spacial score (nSPS) is 25.1. The highest BCUT2D eigenvalue weighted by Crippen LogP contribution is 2.29. The molecule has 3 atom stereocenters. The molecule has 1 rings (SSSR count). The van der Waals surface area contributed by atoms with Crippen LogP contribution in [0.15, 0.2) is 0 Å². The predicted molar refractivity (Wildman–Crippen MR) is 80.9 cm³/mol. The van der Waals surface area contributed by atoms with Crippen molar-refractivity contribution in [1.82, 2.24) is 4.90 Å². The molecule has 0 aromatic rings. The molecule has 4 nitrogen and oxygen atoms in total. The van der Waals surface area contributed by atoms with E-state index in [2.05, 4.69) is 18.7 Å². The molecule has 1 aliphatic carbocycles. The molecular formula is C16H31NO3. The van der Waals surface area contributed by atoms with Crippen LogP contribution in [0.25, 0.3) is 0 Å². The van der Waals surface area contributed by atoms with Gasteiger partial charge < -0.3 is 9.47 Å². The first kappa shape index (κ1) is 17.6. The lowest BCUT2D eigenvalue weighted by Gasteiger charge is -2.35. The summed E-state index contributed by atoms with van der Waals surface area (Å²) < 4.78 is 10.4. The minimum absolute atomic E-state index is 0.199. The monoisotopic (exact) mass is 285 g/mol. The summed E-state index contributed by atoms with van der Waals surface area (Å²) in [5.41, 5.74) is 0. The SMILES string of the molecule is CCC1CCC(=O)C(CN(CCOC)C(C)COC)C1. The van der Waals surface area contributed by atoms with Crippen LogP contribution in [0.1, 0.15) is 39.5 Å². The van der Waals surface area contributed by atoms with Crippen LogP contribution in [0, 0.1) is 11.8 Å². The average molecular weight is 285 g/mol. The molecule has 0 heterocycles. The van der Waals surface area contributed by atoms with E-state index in [9.17, 15) is 4.79 Å². The maximum absolute atomic E-state index is 12.2. The lowest BCUT2D eigenvalue weighted by Crippen LogP contribution is -2.44. The van der Waals surface area contributed by atoms with Gasteiger partial charge in [-0.15, -0.1) is 0 Å². The summed E-state index contributed by atoms with van der Waals surface area (Å²) in [6.07, 6.45) is 4.09. The fourth-order valence-corrected chi connectivity index (χ4v) is 3.08. The number of Topliss-reactive ketones (excluding diaryl/α,β-unsaturated/α-hetero) is 1. The topological polar surface area (TPSA) is 38.8 Å². The van der Waals surface area contributed by atoms with E-state index in [-0.39, 0.29) is 5.92 Å². The molecule has 0 spiro atoms. The summed E-state index contributed by atoms with van der Waals surface area (Å²) in [6.45, 7) is 7.50. The van der Waals surface area contributed by atoms with Crippen LogP contribution < -0.4 is 0 Å². The van der Waals surface area contributed by atoms with E-state index < -0.39 is 0 Å². The molecule has 20 heavy (non-hydrogen) atoms. The maximum atomic E-state index is 12.2. The van der Waals surface area contributed by atoms with E-state index in [4.69, 9.17) is 9.47 Å². The number of ketones is 1. The second-order valence-electron chi connectivity index (χ2n) is 6.00. The van der Waals surface area contributed by atoms with Gasteiger partial charge in [-0.3, -0.25) is 9.69 Å². The standard InChI is InChI=1S/C16H31NO3/c1-5-14-6-7-16(18)15(10-14)11-17(8-9-19-3)13(2)12-20-4/h13-15H,5-12H2,1-4H3. The Morgan fingerprint density at radius 1 is 1.35 bits per heavy atom. The van der Waals surface area contributed by atoms with Gasteiger partial charge in [0.25, 0.3) is 0 Å². The van der Waals surface area contributed by atoms with Crippen molar-refractivity contribution in [2.24, 2.45) is 11.8 Å². The van der Waals surface area contributed by atoms with E-state index in [1.807, 2.05) is 0 Å². The van der Waals surface area contributed by atoms with Crippen molar-refractivity contribution in [1.29, 1.82) is 0 Å². The largest absolute Gasteiger partial charge is 0.383 e. The van der Waals surface area contributed by atoms with E-state index in [0.717, 1.165) is 38.3 Å². The highest BCUT2D eigenvalue weighted by Gasteiger charge is 2.30. The molecule has 0 bridgehead atoms. The lowest BCUT2D eigenvalue weighted by molar-refractivity contribution is -0.126. The van der Waals surface area contributed by atoms with E-state index in [0.29, 0.717) is 25.0 Å². The fourth-order valence-electron chi connectivity index (χ4n) is 3.08. The van der Waals surface area contributed by atoms with Crippen molar-refractivity contribution in [2.75, 3.05) is 40.5 Å². The van der Waals surface area contributed by atoms with Crippen molar-refractivity contribution in [2.45, 2.75) is 45.6 Å². The van der Waals surface area contributed by atoms with Crippen LogP contribution in [0.2, 0.25) is 0 Å². The van der Waals surface area contributed by atoms with E-state index >= 15 is 0 Å². The molecule has 0 N–H and O–H groups in total. The highest BCUT2D eigenvalue weighted by atomic mass is 16.5. The number of carbonyl (C=O) groups is 1. The van der Waals surface area contributed by atoms with Crippen molar-refractivity contribution < 1.29 is 14.3 Å². The zero-order chi connectivity index (χ0) is 15.0. The first-order valence-corrected chi connectivity index (χ1v) is 7.86. The molecule has 1 saturated carbocycles. The zero-order valence-electron chi connectivity index (χ0n) is 13.6. The van der Waals surface area contributed by atoms with Crippen LogP contribution in [0.5, 0.6) is 0 Å². The van der Waals surface area contributed by atoms with Gasteiger partial charge in [0.1, 0.15) is 5.78 Å². The molecule has 0 amide bonds. The molecule has 118 valence electrons. The molecule has 4 heteroatoms. The highest BCUT2D eigenvalue weighted by molar-refractivity contribution is 5.81. The second-order valence-corrected chi connectivity index (χ2v) is 6.00. The van der Waals surface area contributed by atoms with Crippen LogP contribution in [-0.2, 0) is 14.3 Å². The smallest absolute Gasteiger partial charge is 0.137 e. The second kappa shape index (κ2) is 9.48. The van der Waals surface area contributed by atoms with Gasteiger partial charge in [-0.1, -0.05) is 13.3 Å². The lowest BCUT2D eigenvalue weighted by atomic mass is 9.79. The third-order valence-electron chi connectivity index (χ3n) is 4.52. The summed E-state index contributed by atoms with van der Waals surface area (Å²) in [6, 6.07) is 0.324. The summed E-state index contributed by atoms with van der Waals surface area (Å²) in [7, 11) is 3.45. The predicted octanol–water partition coefficient (Wildman–Crippen LogP) is 2.37. The Bertz CT molecular complexity index is 283. The van der Waals surface area contributed by atoms with Gasteiger partial charge in [-0.05, 0) is 25.7 Å². The van der Waals surface area contributed by atoms with E-state index in [1.54, 1.807) is 14.2 Å². The summed E-state index contributed by atoms with van der Waals surface area (Å²) in [5, 5.41) is 0. The summed E-state index contributed by atoms with van der Waals surface area (Å²) in [5.74, 6) is 1.37. The average Bonchev–Trinajstić information content (AvgIpc) is 2.45. The molecule has 0 aromatic heterocycles. The number of carbonyl (C=O) groups excluding carboxylic acids is 1. The Kier molecular flexibility index (Phi) is 8.34. The van der Waals surface area contributed by atoms with Gasteiger partial charge in [0, 0.05) is 45.7 Å². The number of methoxy groups -OCH3 is 2. The zero-order valence-corrected chi connectivity index (χ0v) is 13.6. The minimum Gasteiger partial charge on any atom is -0.383 e. The van der Waals surface area contributed by atoms with Crippen molar-refractivity contribution in [3.05, 3.63) is 0 Å². The number of hydrogen-bond donors (Lipinski definition) is 0. The summed E-state index contributed by atoms with van der Waals surface area (Å²) in [4.78, 5) is 14.5. The Labute approximate surface area is 123 Å². The van der Waals surface area contributed by atoms with Gasteiger partial charge in [-0.25, -0.2) is 0 Å². The third kappa shape index (κ3) is 5.51. The first-order valence-electron chi connectivity index (χ1n) is 7.86. The number of rotatable bonds is 9. The first-order chi connectivity index (χ1) is 9.62. The van der Waals surface area contributed by atoms with Crippen molar-refractivity contribution in [3.63, 3.8) is 0 Å². The van der Waals surface area contributed by atoms with E-state index in [1.165, 1.54) is 6.42 Å². The quantitative estimate of drug-likeness (QED) is 0.652. The van der Waals surface area contributed by atoms with Crippen LogP contribution in [0.3, 0.4) is 0 Å². The van der Waals surface area contributed by atoms with Crippen molar-refractivity contribution >= 4 is 5.78 Å². The number of hydrogen-bond acceptors (Lipinski definition) is 4. The third-order valence-corrected chi connectivity index (χ3v) is 4.52. The molecule has 1 fully saturated rings. The molecule has 3 unspecified atom stereocenters. The number of ether oxygens (including phenoxy) is 2. The van der Waals surface area contributed by atoms with Gasteiger partial charge in [0.15, 0.2) is 0 Å². The molecule has 0 saturated heterocycles. The van der Waals surface area contributed by atoms with Crippen LogP contribution in [-0.4, -0.2) is 57.2 Å². The number of nitrogens with zero attached hydrogens (tertiary/aromatic N) is 1. The maximum Gasteiger partial charge on any atom is 0.137 e. The Morgan fingerprint density at radius 2 is 2.10 bits per heavy atom. The van der Waals surface area contributed by atoms with Gasteiger partial charge >= 0.3 is 0 Å². The Morgan fingerprint density at radius 3 is 2.70 bits per heavy atom. The molecule has 0 aromatic carbocycles. The Hall–Kier alpha value is -0.450. The van der Waals surface area contributed by atoms with Crippen LogP contribution >= 0.6 is 0 Å². The summed E-state index contributed by atoms with van der Waals surface area (Å²) >= 11 is 0. The molecule has 0 radical (unpaired) electrons. The molecule has 1 aliphatic rings. The van der Waals surface area contributed by atoms with Gasteiger partial charge in [0.05, 0.1) is 13.2 Å².